The van der Waals surface area contributed by atoms with E-state index in [0.717, 1.165) is 30.9 Å². The Bertz CT molecular complexity index is 507. The summed E-state index contributed by atoms with van der Waals surface area (Å²) in [6, 6.07) is 8.65. The quantitative estimate of drug-likeness (QED) is 0.849. The molecule has 1 unspecified atom stereocenters. The second kappa shape index (κ2) is 5.98. The van der Waals surface area contributed by atoms with E-state index in [4.69, 9.17) is 4.74 Å². The lowest BCUT2D eigenvalue weighted by Gasteiger charge is -2.12. The Morgan fingerprint density at radius 2 is 2.17 bits per heavy atom. The number of ether oxygens (including phenoxy) is 1. The normalized spacial score (nSPS) is 13.1. The first-order chi connectivity index (χ1) is 8.72. The average molecular weight is 247 g/mol. The average Bonchev–Trinajstić information content (AvgIpc) is 2.71. The van der Waals surface area contributed by atoms with Crippen molar-refractivity contribution < 1.29 is 4.74 Å². The Labute approximate surface area is 108 Å². The van der Waals surface area contributed by atoms with Crippen molar-refractivity contribution in [1.82, 2.24) is 14.9 Å². The van der Waals surface area contributed by atoms with E-state index in [2.05, 4.69) is 34.9 Å². The van der Waals surface area contributed by atoms with E-state index in [1.807, 2.05) is 18.2 Å². The van der Waals surface area contributed by atoms with E-state index in [1.54, 1.807) is 7.11 Å². The van der Waals surface area contributed by atoms with Crippen molar-refractivity contribution in [3.8, 4) is 0 Å². The van der Waals surface area contributed by atoms with Gasteiger partial charge in [-0.3, -0.25) is 0 Å². The fourth-order valence-corrected chi connectivity index (χ4v) is 2.02. The van der Waals surface area contributed by atoms with E-state index >= 15 is 0 Å². The molecular weight excluding hydrogens is 226 g/mol. The van der Waals surface area contributed by atoms with Crippen LogP contribution in [0.3, 0.4) is 0 Å². The number of rotatable bonds is 6. The molecule has 1 aromatic heterocycles. The summed E-state index contributed by atoms with van der Waals surface area (Å²) in [7, 11) is 3.80. The number of methoxy groups -OCH3 is 1. The van der Waals surface area contributed by atoms with Gasteiger partial charge in [-0.25, -0.2) is 4.98 Å². The molecule has 0 aliphatic rings. The van der Waals surface area contributed by atoms with Crippen molar-refractivity contribution in [2.75, 3.05) is 13.7 Å². The summed E-state index contributed by atoms with van der Waals surface area (Å²) >= 11 is 0. The van der Waals surface area contributed by atoms with E-state index in [9.17, 15) is 0 Å². The molecule has 18 heavy (non-hydrogen) atoms. The topological polar surface area (TPSA) is 39.1 Å². The SMILES string of the molecule is COCCC(C)NCc1nc2ccccc2n1C. The highest BCUT2D eigenvalue weighted by Gasteiger charge is 2.08. The van der Waals surface area contributed by atoms with E-state index in [1.165, 1.54) is 5.52 Å². The maximum Gasteiger partial charge on any atom is 0.123 e. The fraction of sp³-hybridized carbons (Fsp3) is 0.500. The number of hydrogen-bond acceptors (Lipinski definition) is 3. The number of aryl methyl sites for hydroxylation is 1. The summed E-state index contributed by atoms with van der Waals surface area (Å²) in [5.41, 5.74) is 2.24. The van der Waals surface area contributed by atoms with Gasteiger partial charge in [-0.05, 0) is 25.5 Å². The standard InChI is InChI=1S/C14H21N3O/c1-11(8-9-18-3)15-10-14-16-12-6-4-5-7-13(12)17(14)2/h4-7,11,15H,8-10H2,1-3H3. The lowest BCUT2D eigenvalue weighted by Crippen LogP contribution is -2.27. The van der Waals surface area contributed by atoms with Crippen LogP contribution in [0.25, 0.3) is 11.0 Å². The van der Waals surface area contributed by atoms with Crippen LogP contribution in [0.5, 0.6) is 0 Å². The molecule has 1 N–H and O–H groups in total. The second-order valence-electron chi connectivity index (χ2n) is 4.64. The van der Waals surface area contributed by atoms with Crippen molar-refractivity contribution in [2.24, 2.45) is 7.05 Å². The van der Waals surface area contributed by atoms with Gasteiger partial charge in [-0.1, -0.05) is 12.1 Å². The monoisotopic (exact) mass is 247 g/mol. The summed E-state index contributed by atoms with van der Waals surface area (Å²) in [5.74, 6) is 1.07. The highest BCUT2D eigenvalue weighted by molar-refractivity contribution is 5.75. The van der Waals surface area contributed by atoms with Crippen LogP contribution < -0.4 is 5.32 Å². The Kier molecular flexibility index (Phi) is 4.33. The predicted octanol–water partition coefficient (Wildman–Crippen LogP) is 2.09. The van der Waals surface area contributed by atoms with Gasteiger partial charge in [-0.2, -0.15) is 0 Å². The van der Waals surface area contributed by atoms with Gasteiger partial charge in [0.05, 0.1) is 17.6 Å². The summed E-state index contributed by atoms with van der Waals surface area (Å²) < 4.78 is 7.22. The van der Waals surface area contributed by atoms with Crippen LogP contribution in [0.2, 0.25) is 0 Å². The predicted molar refractivity (Wildman–Crippen MR) is 73.5 cm³/mol. The maximum atomic E-state index is 5.08. The molecule has 1 atom stereocenters. The van der Waals surface area contributed by atoms with Gasteiger partial charge in [0.25, 0.3) is 0 Å². The number of para-hydroxylation sites is 2. The van der Waals surface area contributed by atoms with E-state index in [0.29, 0.717) is 6.04 Å². The van der Waals surface area contributed by atoms with Crippen molar-refractivity contribution in [1.29, 1.82) is 0 Å². The lowest BCUT2D eigenvalue weighted by atomic mass is 10.2. The van der Waals surface area contributed by atoms with Crippen LogP contribution in [0, 0.1) is 0 Å². The van der Waals surface area contributed by atoms with Gasteiger partial charge in [0.15, 0.2) is 0 Å². The molecule has 98 valence electrons. The van der Waals surface area contributed by atoms with Crippen molar-refractivity contribution >= 4 is 11.0 Å². The van der Waals surface area contributed by atoms with Crippen LogP contribution in [-0.2, 0) is 18.3 Å². The minimum Gasteiger partial charge on any atom is -0.385 e. The molecule has 0 spiro atoms. The molecule has 0 amide bonds. The number of fused-ring (bicyclic) bond motifs is 1. The molecule has 1 heterocycles. The van der Waals surface area contributed by atoms with Crippen LogP contribution in [0.1, 0.15) is 19.2 Å². The summed E-state index contributed by atoms with van der Waals surface area (Å²) in [5, 5.41) is 3.47. The van der Waals surface area contributed by atoms with Crippen LogP contribution in [-0.4, -0.2) is 29.3 Å². The molecule has 0 saturated heterocycles. The van der Waals surface area contributed by atoms with E-state index < -0.39 is 0 Å². The number of benzene rings is 1. The number of imidazole rings is 1. The minimum absolute atomic E-state index is 0.435. The number of hydrogen-bond donors (Lipinski definition) is 1. The highest BCUT2D eigenvalue weighted by atomic mass is 16.5. The molecule has 2 aromatic rings. The smallest absolute Gasteiger partial charge is 0.123 e. The summed E-state index contributed by atoms with van der Waals surface area (Å²) in [6.07, 6.45) is 1.01. The molecule has 4 nitrogen and oxygen atoms in total. The molecule has 2 rings (SSSR count). The Morgan fingerprint density at radius 3 is 2.89 bits per heavy atom. The molecule has 0 aliphatic carbocycles. The Hall–Kier alpha value is -1.39. The fourth-order valence-electron chi connectivity index (χ4n) is 2.02. The van der Waals surface area contributed by atoms with Crippen LogP contribution in [0.15, 0.2) is 24.3 Å². The zero-order chi connectivity index (χ0) is 13.0. The Morgan fingerprint density at radius 1 is 1.39 bits per heavy atom. The molecular formula is C14H21N3O. The molecule has 0 radical (unpaired) electrons. The lowest BCUT2D eigenvalue weighted by molar-refractivity contribution is 0.184. The molecule has 0 aliphatic heterocycles. The third-order valence-electron chi connectivity index (χ3n) is 3.24. The minimum atomic E-state index is 0.435. The zero-order valence-corrected chi connectivity index (χ0v) is 11.3. The van der Waals surface area contributed by atoms with Crippen LogP contribution >= 0.6 is 0 Å². The van der Waals surface area contributed by atoms with Gasteiger partial charge in [0, 0.05) is 26.8 Å². The largest absolute Gasteiger partial charge is 0.385 e. The molecule has 0 saturated carbocycles. The van der Waals surface area contributed by atoms with Crippen LogP contribution in [0.4, 0.5) is 0 Å². The first-order valence-corrected chi connectivity index (χ1v) is 6.35. The highest BCUT2D eigenvalue weighted by Crippen LogP contribution is 2.14. The number of aromatic nitrogens is 2. The number of nitrogens with zero attached hydrogens (tertiary/aromatic N) is 2. The van der Waals surface area contributed by atoms with Crippen molar-refractivity contribution in [3.05, 3.63) is 30.1 Å². The molecule has 0 fully saturated rings. The molecule has 1 aromatic carbocycles. The van der Waals surface area contributed by atoms with Crippen molar-refractivity contribution in [3.63, 3.8) is 0 Å². The van der Waals surface area contributed by atoms with E-state index in [-0.39, 0.29) is 0 Å². The number of nitrogens with one attached hydrogen (secondary N) is 1. The zero-order valence-electron chi connectivity index (χ0n) is 11.3. The molecule has 0 bridgehead atoms. The van der Waals surface area contributed by atoms with Gasteiger partial charge in [-0.15, -0.1) is 0 Å². The van der Waals surface area contributed by atoms with Gasteiger partial charge in [0.1, 0.15) is 5.82 Å². The molecule has 4 heteroatoms. The summed E-state index contributed by atoms with van der Waals surface area (Å²) in [6.45, 7) is 3.74. The third-order valence-corrected chi connectivity index (χ3v) is 3.24. The second-order valence-corrected chi connectivity index (χ2v) is 4.64. The summed E-state index contributed by atoms with van der Waals surface area (Å²) in [4.78, 5) is 4.63. The first kappa shape index (κ1) is 13.1. The van der Waals surface area contributed by atoms with Gasteiger partial charge in [0.2, 0.25) is 0 Å². The first-order valence-electron chi connectivity index (χ1n) is 6.35. The van der Waals surface area contributed by atoms with Crippen molar-refractivity contribution in [2.45, 2.75) is 25.9 Å². The van der Waals surface area contributed by atoms with Gasteiger partial charge < -0.3 is 14.6 Å². The maximum absolute atomic E-state index is 5.08. The Balaban J connectivity index is 2.01. The van der Waals surface area contributed by atoms with Gasteiger partial charge >= 0.3 is 0 Å². The third kappa shape index (κ3) is 2.89.